The van der Waals surface area contributed by atoms with Gasteiger partial charge in [-0.1, -0.05) is 0 Å². The molecule has 0 saturated heterocycles. The van der Waals surface area contributed by atoms with Gasteiger partial charge in [-0.25, -0.2) is 0 Å². The predicted octanol–water partition coefficient (Wildman–Crippen LogP) is 3.57. The molecular formula is C23H35N2O2+. The number of rotatable bonds is 6. The number of carbonyl (C=O) groups is 2. The lowest BCUT2D eigenvalue weighted by atomic mass is 9.48. The summed E-state index contributed by atoms with van der Waals surface area (Å²) in [7, 11) is 0. The van der Waals surface area contributed by atoms with Crippen LogP contribution in [0.15, 0.2) is 0 Å². The van der Waals surface area contributed by atoms with Crippen LogP contribution in [-0.4, -0.2) is 28.6 Å². The van der Waals surface area contributed by atoms with Gasteiger partial charge in [0.25, 0.3) is 0 Å². The number of nitrogens with one attached hydrogen (secondary N) is 1. The molecule has 0 spiro atoms. The monoisotopic (exact) mass is 371 g/mol. The van der Waals surface area contributed by atoms with E-state index in [1.807, 2.05) is 20.8 Å². The molecule has 0 aromatic carbocycles. The fourth-order valence-corrected chi connectivity index (χ4v) is 7.21. The summed E-state index contributed by atoms with van der Waals surface area (Å²) < 4.78 is 0. The van der Waals surface area contributed by atoms with Crippen LogP contribution < -0.4 is 5.32 Å². The molecule has 4 aliphatic rings. The minimum Gasteiger partial charge on any atom is -0.355 e. The Morgan fingerprint density at radius 3 is 2.00 bits per heavy atom. The van der Waals surface area contributed by atoms with E-state index in [2.05, 4.69) is 17.2 Å². The van der Waals surface area contributed by atoms with Crippen LogP contribution >= 0.6 is 0 Å². The number of Topliss-reactive ketones (excluding diaryl/α,β-unsaturated/α-hetero) is 2. The lowest BCUT2D eigenvalue weighted by Crippen LogP contribution is -2.98. The summed E-state index contributed by atoms with van der Waals surface area (Å²) in [5.41, 5.74) is 3.37. The number of aromatic amines is 1. The summed E-state index contributed by atoms with van der Waals surface area (Å²) >= 11 is 0. The summed E-state index contributed by atoms with van der Waals surface area (Å²) in [5, 5.41) is 2.32. The number of H-pyrrole nitrogens is 1. The summed E-state index contributed by atoms with van der Waals surface area (Å²) in [6.07, 6.45) is 8.46. The van der Waals surface area contributed by atoms with E-state index in [4.69, 9.17) is 0 Å². The molecular weight excluding hydrogens is 336 g/mol. The molecule has 4 nitrogen and oxygen atoms in total. The highest BCUT2D eigenvalue weighted by Gasteiger charge is 2.54. The van der Waals surface area contributed by atoms with Gasteiger partial charge in [-0.05, 0) is 96.5 Å². The maximum Gasteiger partial charge on any atom is 0.235 e. The first-order valence-corrected chi connectivity index (χ1v) is 10.8. The average Bonchev–Trinajstić information content (AvgIpc) is 2.87. The number of aryl methyl sites for hydroxylation is 1. The van der Waals surface area contributed by atoms with E-state index in [-0.39, 0.29) is 17.6 Å². The summed E-state index contributed by atoms with van der Waals surface area (Å²) in [4.78, 5) is 28.2. The fourth-order valence-electron chi connectivity index (χ4n) is 7.21. The van der Waals surface area contributed by atoms with Crippen molar-refractivity contribution < 1.29 is 14.9 Å². The van der Waals surface area contributed by atoms with Gasteiger partial charge in [0.1, 0.15) is 6.04 Å². The Hall–Kier alpha value is -1.42. The molecule has 4 fully saturated rings. The minimum absolute atomic E-state index is 0.0267. The van der Waals surface area contributed by atoms with Crippen LogP contribution in [0.5, 0.6) is 0 Å². The van der Waals surface area contributed by atoms with E-state index in [0.717, 1.165) is 29.0 Å². The van der Waals surface area contributed by atoms with Gasteiger partial charge < -0.3 is 10.3 Å². The van der Waals surface area contributed by atoms with E-state index < -0.39 is 0 Å². The second-order valence-corrected chi connectivity index (χ2v) is 10.1. The van der Waals surface area contributed by atoms with Crippen LogP contribution in [0.2, 0.25) is 0 Å². The van der Waals surface area contributed by atoms with Crippen LogP contribution in [-0.2, 0) is 0 Å². The van der Waals surface area contributed by atoms with Gasteiger partial charge in [-0.2, -0.15) is 0 Å². The molecule has 1 aromatic heterocycles. The highest BCUT2D eigenvalue weighted by Crippen LogP contribution is 2.60. The van der Waals surface area contributed by atoms with Crippen LogP contribution in [0, 0.1) is 37.0 Å². The molecule has 148 valence electrons. The number of carbonyl (C=O) groups excluding carboxylic acids is 2. The van der Waals surface area contributed by atoms with E-state index in [1.165, 1.54) is 38.5 Å². The second-order valence-electron chi connectivity index (χ2n) is 10.1. The molecule has 0 radical (unpaired) electrons. The van der Waals surface area contributed by atoms with Crippen molar-refractivity contribution in [1.82, 2.24) is 4.98 Å². The topological polar surface area (TPSA) is 66.5 Å². The van der Waals surface area contributed by atoms with E-state index in [0.29, 0.717) is 22.7 Å². The quantitative estimate of drug-likeness (QED) is 0.751. The first kappa shape index (κ1) is 18.9. The molecule has 0 unspecified atom stereocenters. The lowest BCUT2D eigenvalue weighted by Gasteiger charge is -2.58. The van der Waals surface area contributed by atoms with Gasteiger partial charge in [0.2, 0.25) is 5.78 Å². The highest BCUT2D eigenvalue weighted by atomic mass is 16.1. The molecule has 1 heterocycles. The third-order valence-electron chi connectivity index (χ3n) is 8.08. The van der Waals surface area contributed by atoms with E-state index in [9.17, 15) is 9.59 Å². The molecule has 2 atom stereocenters. The van der Waals surface area contributed by atoms with Crippen LogP contribution in [0.1, 0.15) is 91.4 Å². The van der Waals surface area contributed by atoms with Gasteiger partial charge in [0, 0.05) is 16.7 Å². The van der Waals surface area contributed by atoms with Crippen molar-refractivity contribution in [2.45, 2.75) is 85.2 Å². The molecule has 4 bridgehead atoms. The zero-order valence-electron chi connectivity index (χ0n) is 17.5. The number of aromatic nitrogens is 1. The first-order chi connectivity index (χ1) is 12.7. The Morgan fingerprint density at radius 1 is 1.04 bits per heavy atom. The number of ketones is 2. The van der Waals surface area contributed by atoms with Crippen molar-refractivity contribution in [3.05, 3.63) is 22.5 Å². The second kappa shape index (κ2) is 6.58. The molecule has 1 aromatic rings. The summed E-state index contributed by atoms with van der Waals surface area (Å²) in [5.74, 6) is 2.96. The van der Waals surface area contributed by atoms with Crippen molar-refractivity contribution in [1.29, 1.82) is 0 Å². The molecule has 4 heteroatoms. The predicted molar refractivity (Wildman–Crippen MR) is 106 cm³/mol. The van der Waals surface area contributed by atoms with Crippen molar-refractivity contribution >= 4 is 11.6 Å². The van der Waals surface area contributed by atoms with Gasteiger partial charge in [0.15, 0.2) is 5.78 Å². The minimum atomic E-state index is -0.121. The van der Waals surface area contributed by atoms with Crippen molar-refractivity contribution in [3.63, 3.8) is 0 Å². The normalized spacial score (nSPS) is 33.9. The zero-order valence-corrected chi connectivity index (χ0v) is 17.5. The maximum atomic E-state index is 13.1. The largest absolute Gasteiger partial charge is 0.355 e. The third kappa shape index (κ3) is 3.10. The van der Waals surface area contributed by atoms with E-state index in [1.54, 1.807) is 6.92 Å². The molecule has 3 N–H and O–H groups in total. The van der Waals surface area contributed by atoms with Crippen LogP contribution in [0.25, 0.3) is 0 Å². The van der Waals surface area contributed by atoms with Gasteiger partial charge >= 0.3 is 0 Å². The van der Waals surface area contributed by atoms with Crippen molar-refractivity contribution in [3.8, 4) is 0 Å². The lowest BCUT2D eigenvalue weighted by molar-refractivity contribution is -0.718. The average molecular weight is 372 g/mol. The van der Waals surface area contributed by atoms with E-state index >= 15 is 0 Å². The fraction of sp³-hybridized carbons (Fsp3) is 0.739. The molecule has 0 amide bonds. The highest BCUT2D eigenvalue weighted by molar-refractivity contribution is 6.04. The van der Waals surface area contributed by atoms with Gasteiger partial charge in [-0.15, -0.1) is 0 Å². The Bertz CT molecular complexity index is 740. The molecule has 27 heavy (non-hydrogen) atoms. The SMILES string of the molecule is CC(=O)c1c(C)[nH]c(C(=O)[C@H](C)[NH2+][C@H](C)C23CC4CC(CC(C4)C2)C3)c1C. The third-order valence-corrected chi connectivity index (χ3v) is 8.08. The Labute approximate surface area is 162 Å². The van der Waals surface area contributed by atoms with Crippen molar-refractivity contribution in [2.75, 3.05) is 0 Å². The Morgan fingerprint density at radius 2 is 1.56 bits per heavy atom. The molecule has 5 rings (SSSR count). The molecule has 0 aliphatic heterocycles. The smallest absolute Gasteiger partial charge is 0.235 e. The van der Waals surface area contributed by atoms with Gasteiger partial charge in [0.05, 0.1) is 11.7 Å². The Kier molecular flexibility index (Phi) is 4.61. The Balaban J connectivity index is 1.49. The number of hydrogen-bond donors (Lipinski definition) is 2. The molecule has 4 saturated carbocycles. The maximum absolute atomic E-state index is 13.1. The number of quaternary nitrogens is 1. The number of hydrogen-bond acceptors (Lipinski definition) is 2. The zero-order chi connectivity index (χ0) is 19.5. The molecule has 4 aliphatic carbocycles. The van der Waals surface area contributed by atoms with Crippen molar-refractivity contribution in [2.24, 2.45) is 23.2 Å². The first-order valence-electron chi connectivity index (χ1n) is 10.8. The van der Waals surface area contributed by atoms with Crippen LogP contribution in [0.4, 0.5) is 0 Å². The summed E-state index contributed by atoms with van der Waals surface area (Å²) in [6.45, 7) is 9.73. The summed E-state index contributed by atoms with van der Waals surface area (Å²) in [6, 6.07) is 0.359. The number of nitrogens with two attached hydrogens (primary N) is 1. The van der Waals surface area contributed by atoms with Crippen LogP contribution in [0.3, 0.4) is 0 Å². The standard InChI is InChI=1S/C23H34N2O2/c1-12-20(15(4)26)13(2)25-21(12)22(27)14(3)24-16(5)23-9-17-6-18(10-23)8-19(7-17)11-23/h14,16-19,24-25H,6-11H2,1-5H3/p+1/t14-,16+,17?,18?,19?,23?/m0/s1. The van der Waals surface area contributed by atoms with Gasteiger partial charge in [-0.3, -0.25) is 9.59 Å².